The summed E-state index contributed by atoms with van der Waals surface area (Å²) in [5, 5.41) is 9.48. The van der Waals surface area contributed by atoms with Crippen molar-refractivity contribution in [2.24, 2.45) is 0 Å². The lowest BCUT2D eigenvalue weighted by Crippen LogP contribution is -2.34. The molecule has 64 valence electrons. The molecule has 0 radical (unpaired) electrons. The highest BCUT2D eigenvalue weighted by molar-refractivity contribution is 8.03. The molecule has 1 heterocycles. The Balaban J connectivity index is 2.40. The maximum Gasteiger partial charge on any atom is 0.0765 e. The van der Waals surface area contributed by atoms with E-state index in [1.807, 2.05) is 25.6 Å². The van der Waals surface area contributed by atoms with Crippen molar-refractivity contribution >= 4 is 11.8 Å². The normalized spacial score (nSPS) is 18.9. The minimum atomic E-state index is -0.582. The molecule has 0 saturated carbocycles. The lowest BCUT2D eigenvalue weighted by atomic mass is 10.1. The van der Waals surface area contributed by atoms with Gasteiger partial charge in [-0.3, -0.25) is 0 Å². The minimum Gasteiger partial charge on any atom is -0.389 e. The lowest BCUT2D eigenvalue weighted by Gasteiger charge is -2.24. The Kier molecular flexibility index (Phi) is 2.50. The molecule has 3 heteroatoms. The SMILES string of the molecule is CC1=CN(CC(C)(C)O)CS1. The zero-order valence-corrected chi connectivity index (χ0v) is 8.11. The first kappa shape index (κ1) is 8.94. The fourth-order valence-electron chi connectivity index (χ4n) is 1.10. The summed E-state index contributed by atoms with van der Waals surface area (Å²) in [5.41, 5.74) is -0.582. The molecule has 1 aliphatic rings. The summed E-state index contributed by atoms with van der Waals surface area (Å²) >= 11 is 1.82. The molecule has 1 N–H and O–H groups in total. The van der Waals surface area contributed by atoms with Crippen LogP contribution < -0.4 is 0 Å². The van der Waals surface area contributed by atoms with Gasteiger partial charge in [0.15, 0.2) is 0 Å². The van der Waals surface area contributed by atoms with Crippen LogP contribution >= 0.6 is 11.8 Å². The van der Waals surface area contributed by atoms with Gasteiger partial charge in [0.2, 0.25) is 0 Å². The van der Waals surface area contributed by atoms with Crippen LogP contribution in [0.25, 0.3) is 0 Å². The molecule has 0 atom stereocenters. The largest absolute Gasteiger partial charge is 0.389 e. The predicted molar refractivity (Wildman–Crippen MR) is 49.2 cm³/mol. The number of β-amino-alcohol motifs (C(OH)–C–C–N with tert-alkyl or cyclic N) is 1. The summed E-state index contributed by atoms with van der Waals surface area (Å²) in [7, 11) is 0. The summed E-state index contributed by atoms with van der Waals surface area (Å²) in [4.78, 5) is 3.47. The number of thioether (sulfide) groups is 1. The Morgan fingerprint density at radius 2 is 2.36 bits per heavy atom. The smallest absolute Gasteiger partial charge is 0.0765 e. The number of hydrogen-bond acceptors (Lipinski definition) is 3. The maximum absolute atomic E-state index is 9.48. The Morgan fingerprint density at radius 3 is 2.73 bits per heavy atom. The standard InChI is InChI=1S/C8H15NOS/c1-7-4-9(6-11-7)5-8(2,3)10/h4,10H,5-6H2,1-3H3. The quantitative estimate of drug-likeness (QED) is 0.686. The molecule has 11 heavy (non-hydrogen) atoms. The average Bonchev–Trinajstić information content (AvgIpc) is 2.10. The number of aliphatic hydroxyl groups is 1. The van der Waals surface area contributed by atoms with E-state index < -0.39 is 5.60 Å². The van der Waals surface area contributed by atoms with Crippen LogP contribution in [0.15, 0.2) is 11.1 Å². The first-order chi connectivity index (χ1) is 4.97. The van der Waals surface area contributed by atoms with Crippen LogP contribution in [0.4, 0.5) is 0 Å². The molecule has 0 aromatic carbocycles. The molecule has 1 aliphatic heterocycles. The summed E-state index contributed by atoms with van der Waals surface area (Å²) in [6.45, 7) is 6.48. The number of hydrogen-bond donors (Lipinski definition) is 1. The molecule has 0 aromatic heterocycles. The Bertz CT molecular complexity index is 171. The molecule has 2 nitrogen and oxygen atoms in total. The van der Waals surface area contributed by atoms with Crippen molar-refractivity contribution in [1.29, 1.82) is 0 Å². The molecule has 1 rings (SSSR count). The first-order valence-electron chi connectivity index (χ1n) is 3.75. The zero-order chi connectivity index (χ0) is 8.48. The lowest BCUT2D eigenvalue weighted by molar-refractivity contribution is 0.0559. The van der Waals surface area contributed by atoms with Gasteiger partial charge in [0, 0.05) is 12.7 Å². The van der Waals surface area contributed by atoms with E-state index in [2.05, 4.69) is 18.0 Å². The fourth-order valence-corrected chi connectivity index (χ4v) is 1.86. The van der Waals surface area contributed by atoms with Crippen LogP contribution in [0.1, 0.15) is 20.8 Å². The first-order valence-corrected chi connectivity index (χ1v) is 4.73. The Morgan fingerprint density at radius 1 is 1.73 bits per heavy atom. The second kappa shape index (κ2) is 3.07. The van der Waals surface area contributed by atoms with Gasteiger partial charge in [-0.25, -0.2) is 0 Å². The van der Waals surface area contributed by atoms with Crippen LogP contribution in [-0.2, 0) is 0 Å². The van der Waals surface area contributed by atoms with Crippen molar-refractivity contribution < 1.29 is 5.11 Å². The van der Waals surface area contributed by atoms with Gasteiger partial charge in [0.05, 0.1) is 11.5 Å². The van der Waals surface area contributed by atoms with Crippen molar-refractivity contribution in [3.05, 3.63) is 11.1 Å². The van der Waals surface area contributed by atoms with Crippen LogP contribution in [0, 0.1) is 0 Å². The minimum absolute atomic E-state index is 0.582. The topological polar surface area (TPSA) is 23.5 Å². The van der Waals surface area contributed by atoms with Gasteiger partial charge in [-0.2, -0.15) is 0 Å². The van der Waals surface area contributed by atoms with Crippen LogP contribution in [0.5, 0.6) is 0 Å². The molecule has 0 aliphatic carbocycles. The van der Waals surface area contributed by atoms with Crippen molar-refractivity contribution in [1.82, 2.24) is 4.90 Å². The molecule has 0 aromatic rings. The van der Waals surface area contributed by atoms with E-state index >= 15 is 0 Å². The molecule has 0 amide bonds. The molecule has 0 unspecified atom stereocenters. The van der Waals surface area contributed by atoms with Gasteiger partial charge in [-0.15, -0.1) is 11.8 Å². The number of rotatable bonds is 2. The predicted octanol–water partition coefficient (Wildman–Crippen LogP) is 1.62. The summed E-state index contributed by atoms with van der Waals surface area (Å²) in [5.74, 6) is 0.982. The second-order valence-electron chi connectivity index (χ2n) is 3.57. The van der Waals surface area contributed by atoms with E-state index in [1.165, 1.54) is 4.91 Å². The van der Waals surface area contributed by atoms with Crippen molar-refractivity contribution in [2.75, 3.05) is 12.4 Å². The van der Waals surface area contributed by atoms with Gasteiger partial charge in [0.1, 0.15) is 0 Å². The third-order valence-corrected chi connectivity index (χ3v) is 2.43. The fraction of sp³-hybridized carbons (Fsp3) is 0.750. The van der Waals surface area contributed by atoms with E-state index in [4.69, 9.17) is 0 Å². The van der Waals surface area contributed by atoms with Crippen LogP contribution in [0.2, 0.25) is 0 Å². The number of nitrogens with zero attached hydrogens (tertiary/aromatic N) is 1. The summed E-state index contributed by atoms with van der Waals surface area (Å²) in [6.07, 6.45) is 2.10. The van der Waals surface area contributed by atoms with Crippen LogP contribution in [0.3, 0.4) is 0 Å². The monoisotopic (exact) mass is 173 g/mol. The molecule has 0 saturated heterocycles. The van der Waals surface area contributed by atoms with Crippen molar-refractivity contribution in [3.8, 4) is 0 Å². The molecule has 0 spiro atoms. The van der Waals surface area contributed by atoms with E-state index in [0.717, 1.165) is 12.4 Å². The van der Waals surface area contributed by atoms with E-state index in [1.54, 1.807) is 0 Å². The van der Waals surface area contributed by atoms with E-state index in [0.29, 0.717) is 0 Å². The van der Waals surface area contributed by atoms with Crippen molar-refractivity contribution in [3.63, 3.8) is 0 Å². The summed E-state index contributed by atoms with van der Waals surface area (Å²) in [6, 6.07) is 0. The molecule has 0 bridgehead atoms. The third-order valence-electron chi connectivity index (χ3n) is 1.41. The average molecular weight is 173 g/mol. The number of allylic oxidation sites excluding steroid dienone is 1. The highest BCUT2D eigenvalue weighted by atomic mass is 32.2. The highest BCUT2D eigenvalue weighted by Gasteiger charge is 2.18. The second-order valence-corrected chi connectivity index (χ2v) is 4.76. The van der Waals surface area contributed by atoms with Gasteiger partial charge in [-0.1, -0.05) is 0 Å². The Hall–Kier alpha value is -0.150. The van der Waals surface area contributed by atoms with Gasteiger partial charge in [0.25, 0.3) is 0 Å². The molecule has 0 fully saturated rings. The van der Waals surface area contributed by atoms with Gasteiger partial charge in [-0.05, 0) is 25.7 Å². The van der Waals surface area contributed by atoms with Crippen LogP contribution in [-0.4, -0.2) is 28.0 Å². The van der Waals surface area contributed by atoms with Gasteiger partial charge >= 0.3 is 0 Å². The highest BCUT2D eigenvalue weighted by Crippen LogP contribution is 2.25. The van der Waals surface area contributed by atoms with Gasteiger partial charge < -0.3 is 10.0 Å². The maximum atomic E-state index is 9.48. The molecular weight excluding hydrogens is 158 g/mol. The zero-order valence-electron chi connectivity index (χ0n) is 7.29. The van der Waals surface area contributed by atoms with Crippen molar-refractivity contribution in [2.45, 2.75) is 26.4 Å². The van der Waals surface area contributed by atoms with E-state index in [-0.39, 0.29) is 0 Å². The van der Waals surface area contributed by atoms with E-state index in [9.17, 15) is 5.11 Å². The third kappa shape index (κ3) is 3.16. The molecular formula is C8H15NOS. The summed E-state index contributed by atoms with van der Waals surface area (Å²) < 4.78 is 0. The Labute approximate surface area is 72.3 Å².